The Balaban J connectivity index is 1.90. The lowest BCUT2D eigenvalue weighted by Gasteiger charge is -2.04. The molecule has 0 radical (unpaired) electrons. The van der Waals surface area contributed by atoms with Crippen molar-refractivity contribution < 1.29 is 4.42 Å². The number of oxazole rings is 1. The van der Waals surface area contributed by atoms with Gasteiger partial charge in [0.25, 0.3) is 0 Å². The van der Waals surface area contributed by atoms with Gasteiger partial charge in [0.15, 0.2) is 5.58 Å². The molecule has 0 aliphatic heterocycles. The second kappa shape index (κ2) is 5.74. The number of nitrogens with one attached hydrogen (secondary N) is 1. The zero-order valence-corrected chi connectivity index (χ0v) is 12.4. The Morgan fingerprint density at radius 2 is 2.00 bits per heavy atom. The van der Waals surface area contributed by atoms with Gasteiger partial charge in [-0.2, -0.15) is 5.26 Å². The van der Waals surface area contributed by atoms with Gasteiger partial charge >= 0.3 is 0 Å². The molecule has 22 heavy (non-hydrogen) atoms. The molecular formula is C18H15N3O. The van der Waals surface area contributed by atoms with Crippen molar-refractivity contribution in [3.05, 3.63) is 65.7 Å². The molecule has 108 valence electrons. The van der Waals surface area contributed by atoms with Gasteiger partial charge in [-0.05, 0) is 49.2 Å². The molecule has 4 heteroatoms. The molecule has 4 nitrogen and oxygen atoms in total. The Hall–Kier alpha value is -3.06. The number of hydrogen-bond acceptors (Lipinski definition) is 4. The van der Waals surface area contributed by atoms with E-state index in [4.69, 9.17) is 4.42 Å². The highest BCUT2D eigenvalue weighted by atomic mass is 16.3. The van der Waals surface area contributed by atoms with Crippen molar-refractivity contribution in [1.82, 2.24) is 4.98 Å². The second-order valence-corrected chi connectivity index (χ2v) is 5.10. The van der Waals surface area contributed by atoms with Gasteiger partial charge in [0.1, 0.15) is 17.2 Å². The molecule has 0 saturated heterocycles. The van der Waals surface area contributed by atoms with Crippen molar-refractivity contribution in [2.45, 2.75) is 13.8 Å². The Bertz CT molecular complexity index is 867. The number of anilines is 1. The number of hydrogen-bond donors (Lipinski definition) is 1. The van der Waals surface area contributed by atoms with E-state index >= 15 is 0 Å². The van der Waals surface area contributed by atoms with E-state index in [9.17, 15) is 5.26 Å². The molecule has 1 N–H and O–H groups in total. The van der Waals surface area contributed by atoms with E-state index in [0.717, 1.165) is 11.2 Å². The van der Waals surface area contributed by atoms with Crippen LogP contribution in [0.5, 0.6) is 0 Å². The standard InChI is InChI=1S/C18H15N3O/c1-12-7-8-15(9-13(12)2)20-11-14(10-19)18-21-16-5-3-4-6-17(16)22-18/h3-9,11,20H,1-2H3/b14-11+. The maximum Gasteiger partial charge on any atom is 0.239 e. The minimum absolute atomic E-state index is 0.319. The molecular weight excluding hydrogens is 274 g/mol. The van der Waals surface area contributed by atoms with Gasteiger partial charge in [0.2, 0.25) is 5.89 Å². The molecule has 0 saturated carbocycles. The van der Waals surface area contributed by atoms with Crippen LogP contribution in [0, 0.1) is 25.2 Å². The van der Waals surface area contributed by atoms with Crippen LogP contribution >= 0.6 is 0 Å². The lowest BCUT2D eigenvalue weighted by Crippen LogP contribution is -1.92. The minimum Gasteiger partial charge on any atom is -0.435 e. The fourth-order valence-corrected chi connectivity index (χ4v) is 2.12. The highest BCUT2D eigenvalue weighted by Crippen LogP contribution is 2.21. The normalized spacial score (nSPS) is 11.4. The molecule has 0 bridgehead atoms. The lowest BCUT2D eigenvalue weighted by atomic mass is 10.1. The topological polar surface area (TPSA) is 61.9 Å². The third-order valence-corrected chi connectivity index (χ3v) is 3.53. The molecule has 0 atom stereocenters. The van der Waals surface area contributed by atoms with Crippen LogP contribution in [0.15, 0.2) is 53.1 Å². The van der Waals surface area contributed by atoms with E-state index in [-0.39, 0.29) is 0 Å². The third kappa shape index (κ3) is 2.70. The summed E-state index contributed by atoms with van der Waals surface area (Å²) in [4.78, 5) is 4.33. The number of aromatic nitrogens is 1. The quantitative estimate of drug-likeness (QED) is 0.725. The minimum atomic E-state index is 0.319. The van der Waals surface area contributed by atoms with Crippen LogP contribution < -0.4 is 5.32 Å². The van der Waals surface area contributed by atoms with Crippen LogP contribution in [0.4, 0.5) is 5.69 Å². The molecule has 0 aliphatic rings. The Kier molecular flexibility index (Phi) is 3.63. The van der Waals surface area contributed by atoms with Gasteiger partial charge in [-0.1, -0.05) is 18.2 Å². The first-order valence-corrected chi connectivity index (χ1v) is 6.97. The summed E-state index contributed by atoms with van der Waals surface area (Å²) in [6, 6.07) is 15.6. The summed E-state index contributed by atoms with van der Waals surface area (Å²) in [6.45, 7) is 4.12. The van der Waals surface area contributed by atoms with Crippen LogP contribution in [0.1, 0.15) is 17.0 Å². The smallest absolute Gasteiger partial charge is 0.239 e. The van der Waals surface area contributed by atoms with Gasteiger partial charge in [-0.3, -0.25) is 0 Å². The van der Waals surface area contributed by atoms with Crippen molar-refractivity contribution in [3.8, 4) is 6.07 Å². The predicted octanol–water partition coefficient (Wildman–Crippen LogP) is 4.42. The SMILES string of the molecule is Cc1ccc(N/C=C(\C#N)c2nc3ccccc3o2)cc1C. The zero-order chi connectivity index (χ0) is 15.5. The number of para-hydroxylation sites is 2. The third-order valence-electron chi connectivity index (χ3n) is 3.53. The van der Waals surface area contributed by atoms with Gasteiger partial charge in [0.05, 0.1) is 0 Å². The summed E-state index contributed by atoms with van der Waals surface area (Å²) in [5.74, 6) is 0.319. The summed E-state index contributed by atoms with van der Waals surface area (Å²) in [7, 11) is 0. The van der Waals surface area contributed by atoms with Crippen molar-refractivity contribution >= 4 is 22.4 Å². The van der Waals surface area contributed by atoms with E-state index in [1.165, 1.54) is 11.1 Å². The second-order valence-electron chi connectivity index (χ2n) is 5.10. The molecule has 0 unspecified atom stereocenters. The van der Waals surface area contributed by atoms with Crippen LogP contribution in [-0.4, -0.2) is 4.98 Å². The van der Waals surface area contributed by atoms with Crippen molar-refractivity contribution in [3.63, 3.8) is 0 Å². The first kappa shape index (κ1) is 13.9. The van der Waals surface area contributed by atoms with Crippen molar-refractivity contribution in [2.24, 2.45) is 0 Å². The van der Waals surface area contributed by atoms with E-state index in [1.54, 1.807) is 6.20 Å². The molecule has 1 heterocycles. The number of benzene rings is 2. The Labute approximate surface area is 128 Å². The summed E-state index contributed by atoms with van der Waals surface area (Å²) >= 11 is 0. The number of nitrogens with zero attached hydrogens (tertiary/aromatic N) is 2. The number of nitriles is 1. The maximum absolute atomic E-state index is 9.32. The molecule has 3 aromatic rings. The molecule has 3 rings (SSSR count). The number of allylic oxidation sites excluding steroid dienone is 1. The average Bonchev–Trinajstić information content (AvgIpc) is 2.95. The summed E-state index contributed by atoms with van der Waals surface area (Å²) in [6.07, 6.45) is 1.62. The molecule has 2 aromatic carbocycles. The number of fused-ring (bicyclic) bond motifs is 1. The van der Waals surface area contributed by atoms with Crippen molar-refractivity contribution in [1.29, 1.82) is 5.26 Å². The van der Waals surface area contributed by atoms with Gasteiger partial charge in [-0.25, -0.2) is 4.98 Å². The van der Waals surface area contributed by atoms with Crippen LogP contribution in [-0.2, 0) is 0 Å². The zero-order valence-electron chi connectivity index (χ0n) is 12.4. The largest absolute Gasteiger partial charge is 0.435 e. The highest BCUT2D eigenvalue weighted by molar-refractivity contribution is 5.80. The first-order valence-electron chi connectivity index (χ1n) is 6.97. The van der Waals surface area contributed by atoms with E-state index in [1.807, 2.05) is 42.5 Å². The predicted molar refractivity (Wildman–Crippen MR) is 87.1 cm³/mol. The van der Waals surface area contributed by atoms with Gasteiger partial charge < -0.3 is 9.73 Å². The molecule has 1 aromatic heterocycles. The Morgan fingerprint density at radius 1 is 1.18 bits per heavy atom. The van der Waals surface area contributed by atoms with Gasteiger partial charge in [-0.15, -0.1) is 0 Å². The van der Waals surface area contributed by atoms with Gasteiger partial charge in [0, 0.05) is 11.9 Å². The fraction of sp³-hybridized carbons (Fsp3) is 0.111. The lowest BCUT2D eigenvalue weighted by molar-refractivity contribution is 0.586. The molecule has 0 spiro atoms. The Morgan fingerprint density at radius 3 is 2.73 bits per heavy atom. The maximum atomic E-state index is 9.32. The fourth-order valence-electron chi connectivity index (χ4n) is 2.12. The van der Waals surface area contributed by atoms with E-state index < -0.39 is 0 Å². The summed E-state index contributed by atoms with van der Waals surface area (Å²) in [5, 5.41) is 12.4. The van der Waals surface area contributed by atoms with Crippen molar-refractivity contribution in [2.75, 3.05) is 5.32 Å². The summed E-state index contributed by atoms with van der Waals surface area (Å²) < 4.78 is 5.61. The highest BCUT2D eigenvalue weighted by Gasteiger charge is 2.10. The molecule has 0 amide bonds. The van der Waals surface area contributed by atoms with Crippen LogP contribution in [0.25, 0.3) is 16.7 Å². The van der Waals surface area contributed by atoms with E-state index in [2.05, 4.69) is 30.2 Å². The number of rotatable bonds is 3. The van der Waals surface area contributed by atoms with Crippen LogP contribution in [0.3, 0.4) is 0 Å². The van der Waals surface area contributed by atoms with Crippen LogP contribution in [0.2, 0.25) is 0 Å². The molecule has 0 fully saturated rings. The van der Waals surface area contributed by atoms with E-state index in [0.29, 0.717) is 17.0 Å². The molecule has 0 aliphatic carbocycles. The summed E-state index contributed by atoms with van der Waals surface area (Å²) in [5.41, 5.74) is 5.11. The number of aryl methyl sites for hydroxylation is 2. The first-order chi connectivity index (χ1) is 10.7. The average molecular weight is 289 g/mol. The monoisotopic (exact) mass is 289 g/mol.